The number of Topliss-reactive ketones (excluding diaryl/α,β-unsaturated/α-hetero) is 1. The normalized spacial score (nSPS) is 23.6. The van der Waals surface area contributed by atoms with Gasteiger partial charge in [-0.05, 0) is 54.2 Å². The summed E-state index contributed by atoms with van der Waals surface area (Å²) < 4.78 is 21.6. The van der Waals surface area contributed by atoms with Crippen LogP contribution in [-0.4, -0.2) is 62.4 Å². The molecular weight excluding hydrogens is 517 g/mol. The molecule has 11 heteroatoms. The molecule has 3 aromatic rings. The molecule has 2 atom stereocenters. The van der Waals surface area contributed by atoms with Crippen molar-refractivity contribution in [2.75, 3.05) is 13.2 Å². The maximum Gasteiger partial charge on any atom is 0.325 e. The first-order valence-corrected chi connectivity index (χ1v) is 13.2. The number of carbonyl (C=O) groups excluding carboxylic acids is 4. The first kappa shape index (κ1) is 24.5. The minimum atomic E-state index is -1.55. The number of imide groups is 1. The van der Waals surface area contributed by atoms with Gasteiger partial charge in [-0.3, -0.25) is 24.0 Å². The molecule has 2 aliphatic heterocycles. The number of benzene rings is 2. The van der Waals surface area contributed by atoms with Crippen molar-refractivity contribution >= 4 is 23.6 Å². The second kappa shape index (κ2) is 8.73. The van der Waals surface area contributed by atoms with E-state index in [-0.39, 0.29) is 37.3 Å². The number of amides is 4. The highest BCUT2D eigenvalue weighted by Gasteiger charge is 2.58. The number of carbonyl (C=O) groups is 4. The number of nitrogens with zero attached hydrogens (tertiary/aromatic N) is 4. The molecule has 1 saturated heterocycles. The molecular formula is C29H26FN5O5. The molecule has 3 heterocycles. The molecule has 0 bridgehead atoms. The predicted octanol–water partition coefficient (Wildman–Crippen LogP) is 2.76. The van der Waals surface area contributed by atoms with E-state index >= 15 is 0 Å². The number of hydrogen-bond acceptors (Lipinski definition) is 6. The summed E-state index contributed by atoms with van der Waals surface area (Å²) in [5, 5.41) is 6.89. The maximum atomic E-state index is 14.0. The number of aryl methyl sites for hydroxylation is 1. The highest BCUT2D eigenvalue weighted by atomic mass is 19.1. The molecule has 7 rings (SSSR count). The van der Waals surface area contributed by atoms with Gasteiger partial charge in [-0.25, -0.2) is 9.18 Å². The van der Waals surface area contributed by atoms with Crippen LogP contribution >= 0.6 is 0 Å². The number of rotatable bonds is 4. The molecule has 1 saturated carbocycles. The van der Waals surface area contributed by atoms with E-state index in [0.717, 1.165) is 28.9 Å². The minimum Gasteiger partial charge on any atom is -0.491 e. The molecule has 2 aromatic carbocycles. The summed E-state index contributed by atoms with van der Waals surface area (Å²) >= 11 is 0. The largest absolute Gasteiger partial charge is 0.491 e. The summed E-state index contributed by atoms with van der Waals surface area (Å²) in [5.74, 6) is -1.01. The lowest BCUT2D eigenvalue weighted by molar-refractivity contribution is -0.141. The smallest absolute Gasteiger partial charge is 0.325 e. The second-order valence-corrected chi connectivity index (χ2v) is 11.0. The van der Waals surface area contributed by atoms with Gasteiger partial charge in [-0.1, -0.05) is 12.1 Å². The van der Waals surface area contributed by atoms with Crippen molar-refractivity contribution in [2.24, 2.45) is 13.0 Å². The molecule has 10 nitrogen and oxygen atoms in total. The number of hydrogen-bond donors (Lipinski definition) is 1. The molecule has 1 aromatic heterocycles. The van der Waals surface area contributed by atoms with Gasteiger partial charge >= 0.3 is 6.03 Å². The highest BCUT2D eigenvalue weighted by Crippen LogP contribution is 2.43. The van der Waals surface area contributed by atoms with Crippen molar-refractivity contribution in [1.82, 2.24) is 24.9 Å². The number of nitrogens with one attached hydrogen (secondary N) is 1. The zero-order valence-corrected chi connectivity index (χ0v) is 21.7. The van der Waals surface area contributed by atoms with Crippen molar-refractivity contribution in [3.8, 4) is 16.9 Å². The van der Waals surface area contributed by atoms with Crippen molar-refractivity contribution in [2.45, 2.75) is 37.4 Å². The third-order valence-electron chi connectivity index (χ3n) is 8.37. The summed E-state index contributed by atoms with van der Waals surface area (Å²) in [6, 6.07) is 8.42. The Morgan fingerprint density at radius 3 is 2.73 bits per heavy atom. The van der Waals surface area contributed by atoms with Crippen LogP contribution in [0, 0.1) is 11.7 Å². The van der Waals surface area contributed by atoms with Crippen molar-refractivity contribution in [3.63, 3.8) is 0 Å². The van der Waals surface area contributed by atoms with Crippen LogP contribution in [0.1, 0.15) is 40.7 Å². The van der Waals surface area contributed by atoms with E-state index in [2.05, 4.69) is 10.4 Å². The average Bonchev–Trinajstić information content (AvgIpc) is 3.60. The lowest BCUT2D eigenvalue weighted by atomic mass is 9.90. The molecule has 2 fully saturated rings. The van der Waals surface area contributed by atoms with Gasteiger partial charge in [0.1, 0.15) is 24.7 Å². The van der Waals surface area contributed by atoms with Crippen LogP contribution in [-0.2, 0) is 28.7 Å². The van der Waals surface area contributed by atoms with E-state index < -0.39 is 35.7 Å². The molecule has 1 spiro atoms. The lowest BCUT2D eigenvalue weighted by Gasteiger charge is -2.30. The van der Waals surface area contributed by atoms with Gasteiger partial charge in [-0.15, -0.1) is 0 Å². The van der Waals surface area contributed by atoms with Crippen molar-refractivity contribution in [3.05, 3.63) is 71.3 Å². The number of aromatic nitrogens is 2. The number of ether oxygens (including phenoxy) is 1. The van der Waals surface area contributed by atoms with Crippen LogP contribution in [0.5, 0.6) is 5.75 Å². The molecule has 40 heavy (non-hydrogen) atoms. The molecule has 1 N–H and O–H groups in total. The van der Waals surface area contributed by atoms with Crippen LogP contribution in [0.2, 0.25) is 0 Å². The van der Waals surface area contributed by atoms with Crippen LogP contribution in [0.25, 0.3) is 11.1 Å². The molecule has 2 unspecified atom stereocenters. The summed E-state index contributed by atoms with van der Waals surface area (Å²) in [7, 11) is 1.79. The Balaban J connectivity index is 1.16. The van der Waals surface area contributed by atoms with Crippen molar-refractivity contribution < 1.29 is 28.3 Å². The Morgan fingerprint density at radius 2 is 1.98 bits per heavy atom. The third kappa shape index (κ3) is 3.79. The SMILES string of the molecule is Cn1cc(-c2ccc3c(c2)C(=O)CC32NC(=O)N(CC(=O)N3Cc4cc(F)ccc4OCC3C3CC3)C2=O)cn1. The Hall–Kier alpha value is -4.54. The maximum absolute atomic E-state index is 14.0. The van der Waals surface area contributed by atoms with Crippen LogP contribution in [0.15, 0.2) is 48.8 Å². The van der Waals surface area contributed by atoms with Gasteiger partial charge in [-0.2, -0.15) is 5.10 Å². The lowest BCUT2D eigenvalue weighted by Crippen LogP contribution is -2.49. The zero-order chi connectivity index (χ0) is 27.8. The highest BCUT2D eigenvalue weighted by molar-refractivity contribution is 6.17. The monoisotopic (exact) mass is 543 g/mol. The van der Waals surface area contributed by atoms with Gasteiger partial charge in [0.05, 0.1) is 12.2 Å². The second-order valence-electron chi connectivity index (χ2n) is 11.0. The Bertz CT molecular complexity index is 1610. The summed E-state index contributed by atoms with van der Waals surface area (Å²) in [6.07, 6.45) is 5.16. The van der Waals surface area contributed by atoms with Crippen LogP contribution < -0.4 is 10.1 Å². The summed E-state index contributed by atoms with van der Waals surface area (Å²) in [5.41, 5.74) is 1.35. The van der Waals surface area contributed by atoms with E-state index in [0.29, 0.717) is 22.4 Å². The topological polar surface area (TPSA) is 114 Å². The first-order valence-electron chi connectivity index (χ1n) is 13.2. The molecule has 4 amide bonds. The van der Waals surface area contributed by atoms with E-state index in [4.69, 9.17) is 4.74 Å². The molecule has 0 radical (unpaired) electrons. The van der Waals surface area contributed by atoms with Crippen LogP contribution in [0.4, 0.5) is 9.18 Å². The number of fused-ring (bicyclic) bond motifs is 3. The Labute approximate surface area is 228 Å². The standard InChI is InChI=1S/C29H26FN5O5/c1-33-12-19(11-31-33)17-4-6-22-21(9-17)24(36)10-29(22)27(38)35(28(39)32-29)14-26(37)34-13-18-8-20(30)5-7-25(18)40-15-23(34)16-2-3-16/h4-9,11-12,16,23H,2-3,10,13-15H2,1H3,(H,32,39). The van der Waals surface area contributed by atoms with Gasteiger partial charge < -0.3 is 15.0 Å². The third-order valence-corrected chi connectivity index (χ3v) is 8.37. The van der Waals surface area contributed by atoms with Crippen molar-refractivity contribution in [1.29, 1.82) is 0 Å². The number of ketones is 1. The number of urea groups is 1. The van der Waals surface area contributed by atoms with Gasteiger partial charge in [0, 0.05) is 42.9 Å². The minimum absolute atomic E-state index is 0.111. The van der Waals surface area contributed by atoms with Gasteiger partial charge in [0.2, 0.25) is 5.91 Å². The Morgan fingerprint density at radius 1 is 1.15 bits per heavy atom. The van der Waals surface area contributed by atoms with E-state index in [1.165, 1.54) is 12.1 Å². The van der Waals surface area contributed by atoms with Gasteiger partial charge in [0.15, 0.2) is 11.3 Å². The van der Waals surface area contributed by atoms with Gasteiger partial charge in [0.25, 0.3) is 5.91 Å². The average molecular weight is 544 g/mol. The quantitative estimate of drug-likeness (QED) is 0.507. The summed E-state index contributed by atoms with van der Waals surface area (Å²) in [4.78, 5) is 56.2. The number of halogens is 1. The summed E-state index contributed by atoms with van der Waals surface area (Å²) in [6.45, 7) is -0.127. The van der Waals surface area contributed by atoms with E-state index in [1.54, 1.807) is 47.1 Å². The fraction of sp³-hybridized carbons (Fsp3) is 0.345. The van der Waals surface area contributed by atoms with Crippen LogP contribution in [0.3, 0.4) is 0 Å². The van der Waals surface area contributed by atoms with E-state index in [9.17, 15) is 23.6 Å². The molecule has 2 aliphatic carbocycles. The molecule has 4 aliphatic rings. The molecule has 204 valence electrons. The zero-order valence-electron chi connectivity index (χ0n) is 21.7. The van der Waals surface area contributed by atoms with E-state index in [1.807, 2.05) is 6.20 Å². The first-order chi connectivity index (χ1) is 19.2. The predicted molar refractivity (Wildman–Crippen MR) is 138 cm³/mol. The Kier molecular flexibility index (Phi) is 5.35. The fourth-order valence-corrected chi connectivity index (χ4v) is 6.15. The fourth-order valence-electron chi connectivity index (χ4n) is 6.15.